The fraction of sp³-hybridized carbons (Fsp3) is 0.190. The van der Waals surface area contributed by atoms with E-state index in [2.05, 4.69) is 26.7 Å². The van der Waals surface area contributed by atoms with Crippen LogP contribution in [0.3, 0.4) is 0 Å². The number of anilines is 2. The van der Waals surface area contributed by atoms with Crippen molar-refractivity contribution in [2.45, 2.75) is 20.4 Å². The lowest BCUT2D eigenvalue weighted by atomic mass is 10.1. The number of aromatic nitrogens is 2. The highest BCUT2D eigenvalue weighted by molar-refractivity contribution is 6.02. The van der Waals surface area contributed by atoms with Crippen LogP contribution in [0.2, 0.25) is 0 Å². The van der Waals surface area contributed by atoms with Gasteiger partial charge in [-0.05, 0) is 43.2 Å². The molecule has 138 valence electrons. The number of nitrogens with zero attached hydrogens (tertiary/aromatic N) is 2. The molecule has 2 N–H and O–H groups in total. The number of benzene rings is 2. The number of ether oxygens (including phenoxy) is 1. The zero-order chi connectivity index (χ0) is 19.2. The summed E-state index contributed by atoms with van der Waals surface area (Å²) in [5, 5.41) is 6.03. The molecule has 0 atom stereocenters. The monoisotopic (exact) mass is 362 g/mol. The lowest BCUT2D eigenvalue weighted by molar-refractivity contribution is 0.102. The molecular formula is C21H22N4O2. The van der Waals surface area contributed by atoms with Crippen LogP contribution in [0, 0.1) is 13.8 Å². The van der Waals surface area contributed by atoms with E-state index in [9.17, 15) is 4.79 Å². The van der Waals surface area contributed by atoms with Crippen molar-refractivity contribution in [1.29, 1.82) is 0 Å². The predicted octanol–water partition coefficient (Wildman–Crippen LogP) is 3.97. The fourth-order valence-electron chi connectivity index (χ4n) is 2.81. The van der Waals surface area contributed by atoms with Crippen molar-refractivity contribution in [3.05, 3.63) is 77.2 Å². The van der Waals surface area contributed by atoms with Crippen LogP contribution < -0.4 is 15.4 Å². The normalized spacial score (nSPS) is 10.3. The number of methoxy groups -OCH3 is 1. The Labute approximate surface area is 158 Å². The third kappa shape index (κ3) is 4.82. The number of rotatable bonds is 6. The standard InChI is InChI=1S/C21H22N4O2/c1-14-8-15(2)10-17(9-14)25-21(26)18-12-24-20(13-22-18)23-11-16-6-4-5-7-19(16)27-3/h4-10,12-13H,11H2,1-3H3,(H,23,24)(H,25,26). The maximum absolute atomic E-state index is 12.4. The van der Waals surface area contributed by atoms with E-state index in [1.165, 1.54) is 6.20 Å². The summed E-state index contributed by atoms with van der Waals surface area (Å²) in [6, 6.07) is 13.6. The van der Waals surface area contributed by atoms with Crippen molar-refractivity contribution in [3.63, 3.8) is 0 Å². The first kappa shape index (κ1) is 18.4. The molecule has 0 aliphatic heterocycles. The first-order chi connectivity index (χ1) is 13.0. The molecule has 0 saturated carbocycles. The Balaban J connectivity index is 1.63. The van der Waals surface area contributed by atoms with Gasteiger partial charge >= 0.3 is 0 Å². The van der Waals surface area contributed by atoms with Crippen molar-refractivity contribution >= 4 is 17.4 Å². The minimum absolute atomic E-state index is 0.261. The highest BCUT2D eigenvalue weighted by Crippen LogP contribution is 2.18. The minimum atomic E-state index is -0.288. The molecule has 0 aliphatic carbocycles. The Kier molecular flexibility index (Phi) is 5.66. The smallest absolute Gasteiger partial charge is 0.275 e. The van der Waals surface area contributed by atoms with Crippen molar-refractivity contribution in [1.82, 2.24) is 9.97 Å². The lowest BCUT2D eigenvalue weighted by Gasteiger charge is -2.10. The maximum atomic E-state index is 12.4. The summed E-state index contributed by atoms with van der Waals surface area (Å²) in [5.74, 6) is 1.11. The molecule has 0 saturated heterocycles. The SMILES string of the molecule is COc1ccccc1CNc1cnc(C(=O)Nc2cc(C)cc(C)c2)cn1. The van der Waals surface area contributed by atoms with Crippen LogP contribution in [0.15, 0.2) is 54.9 Å². The van der Waals surface area contributed by atoms with Gasteiger partial charge < -0.3 is 15.4 Å². The third-order valence-corrected chi connectivity index (χ3v) is 4.02. The van der Waals surface area contributed by atoms with Gasteiger partial charge in [-0.2, -0.15) is 0 Å². The van der Waals surface area contributed by atoms with E-state index in [0.29, 0.717) is 12.4 Å². The zero-order valence-electron chi connectivity index (χ0n) is 15.6. The van der Waals surface area contributed by atoms with Crippen molar-refractivity contribution in [3.8, 4) is 5.75 Å². The predicted molar refractivity (Wildman–Crippen MR) is 106 cm³/mol. The van der Waals surface area contributed by atoms with Gasteiger partial charge in [0.25, 0.3) is 5.91 Å². The number of nitrogens with one attached hydrogen (secondary N) is 2. The highest BCUT2D eigenvalue weighted by atomic mass is 16.5. The van der Waals surface area contributed by atoms with Crippen LogP contribution in [0.25, 0.3) is 0 Å². The minimum Gasteiger partial charge on any atom is -0.496 e. The van der Waals surface area contributed by atoms with E-state index in [1.807, 2.05) is 50.2 Å². The summed E-state index contributed by atoms with van der Waals surface area (Å²) in [6.07, 6.45) is 3.01. The Hall–Kier alpha value is -3.41. The highest BCUT2D eigenvalue weighted by Gasteiger charge is 2.09. The molecule has 6 heteroatoms. The molecule has 1 aromatic heterocycles. The molecular weight excluding hydrogens is 340 g/mol. The zero-order valence-corrected chi connectivity index (χ0v) is 15.6. The molecule has 1 heterocycles. The Morgan fingerprint density at radius 2 is 1.78 bits per heavy atom. The molecule has 27 heavy (non-hydrogen) atoms. The fourth-order valence-corrected chi connectivity index (χ4v) is 2.81. The summed E-state index contributed by atoms with van der Waals surface area (Å²) in [4.78, 5) is 20.8. The maximum Gasteiger partial charge on any atom is 0.275 e. The summed E-state index contributed by atoms with van der Waals surface area (Å²) in [6.45, 7) is 4.53. The molecule has 0 unspecified atom stereocenters. The molecule has 6 nitrogen and oxygen atoms in total. The van der Waals surface area contributed by atoms with Crippen LogP contribution in [0.4, 0.5) is 11.5 Å². The largest absolute Gasteiger partial charge is 0.496 e. The van der Waals surface area contributed by atoms with Gasteiger partial charge in [0.05, 0.1) is 19.5 Å². The van der Waals surface area contributed by atoms with E-state index in [-0.39, 0.29) is 11.6 Å². The van der Waals surface area contributed by atoms with Crippen molar-refractivity contribution in [2.75, 3.05) is 17.7 Å². The lowest BCUT2D eigenvalue weighted by Crippen LogP contribution is -2.14. The second kappa shape index (κ2) is 8.31. The van der Waals surface area contributed by atoms with E-state index >= 15 is 0 Å². The molecule has 1 amide bonds. The van der Waals surface area contributed by atoms with Crippen LogP contribution in [0.5, 0.6) is 5.75 Å². The summed E-state index contributed by atoms with van der Waals surface area (Å²) < 4.78 is 5.33. The van der Waals surface area contributed by atoms with Gasteiger partial charge in [-0.15, -0.1) is 0 Å². The van der Waals surface area contributed by atoms with Gasteiger partial charge in [0.2, 0.25) is 0 Å². The Bertz CT molecular complexity index is 919. The second-order valence-electron chi connectivity index (χ2n) is 6.28. The number of aryl methyl sites for hydroxylation is 2. The first-order valence-corrected chi connectivity index (χ1v) is 8.62. The molecule has 0 aliphatic rings. The summed E-state index contributed by atoms with van der Waals surface area (Å²) in [5.41, 5.74) is 4.20. The molecule has 0 fully saturated rings. The number of para-hydroxylation sites is 1. The molecule has 0 spiro atoms. The topological polar surface area (TPSA) is 76.1 Å². The Morgan fingerprint density at radius 1 is 1.04 bits per heavy atom. The molecule has 3 aromatic rings. The van der Waals surface area contributed by atoms with E-state index < -0.39 is 0 Å². The van der Waals surface area contributed by atoms with Crippen LogP contribution in [-0.2, 0) is 6.54 Å². The van der Waals surface area contributed by atoms with Gasteiger partial charge in [-0.25, -0.2) is 9.97 Å². The number of carbonyl (C=O) groups excluding carboxylic acids is 1. The number of hydrogen-bond acceptors (Lipinski definition) is 5. The molecule has 0 radical (unpaired) electrons. The first-order valence-electron chi connectivity index (χ1n) is 8.62. The quantitative estimate of drug-likeness (QED) is 0.694. The average Bonchev–Trinajstić information content (AvgIpc) is 2.66. The number of hydrogen-bond donors (Lipinski definition) is 2. The van der Waals surface area contributed by atoms with Crippen molar-refractivity contribution < 1.29 is 9.53 Å². The number of carbonyl (C=O) groups is 1. The van der Waals surface area contributed by atoms with E-state index in [1.54, 1.807) is 13.3 Å². The van der Waals surface area contributed by atoms with Gasteiger partial charge in [0.15, 0.2) is 0 Å². The Morgan fingerprint density at radius 3 is 2.44 bits per heavy atom. The molecule has 3 rings (SSSR count). The van der Waals surface area contributed by atoms with Crippen molar-refractivity contribution in [2.24, 2.45) is 0 Å². The molecule has 2 aromatic carbocycles. The molecule has 0 bridgehead atoms. The van der Waals surface area contributed by atoms with Gasteiger partial charge in [-0.3, -0.25) is 4.79 Å². The van der Waals surface area contributed by atoms with Crippen LogP contribution >= 0.6 is 0 Å². The summed E-state index contributed by atoms with van der Waals surface area (Å²) in [7, 11) is 1.64. The van der Waals surface area contributed by atoms with E-state index in [4.69, 9.17) is 4.74 Å². The van der Waals surface area contributed by atoms with Crippen LogP contribution in [0.1, 0.15) is 27.2 Å². The van der Waals surface area contributed by atoms with Gasteiger partial charge in [0.1, 0.15) is 17.3 Å². The van der Waals surface area contributed by atoms with Gasteiger partial charge in [0, 0.05) is 17.8 Å². The summed E-state index contributed by atoms with van der Waals surface area (Å²) >= 11 is 0. The number of amides is 1. The third-order valence-electron chi connectivity index (χ3n) is 4.02. The average molecular weight is 362 g/mol. The van der Waals surface area contributed by atoms with E-state index in [0.717, 1.165) is 28.1 Å². The second-order valence-corrected chi connectivity index (χ2v) is 6.28. The van der Waals surface area contributed by atoms with Crippen LogP contribution in [-0.4, -0.2) is 23.0 Å². The van der Waals surface area contributed by atoms with Gasteiger partial charge in [-0.1, -0.05) is 24.3 Å².